The predicted octanol–water partition coefficient (Wildman–Crippen LogP) is 14.0. The number of aromatic nitrogens is 1. The van der Waals surface area contributed by atoms with E-state index in [1.54, 1.807) is 0 Å². The van der Waals surface area contributed by atoms with E-state index in [1.807, 2.05) is 11.3 Å². The van der Waals surface area contributed by atoms with Gasteiger partial charge in [0.1, 0.15) is 0 Å². The van der Waals surface area contributed by atoms with Crippen molar-refractivity contribution in [1.82, 2.24) is 4.57 Å². The second kappa shape index (κ2) is 12.2. The van der Waals surface area contributed by atoms with E-state index in [0.29, 0.717) is 0 Å². The van der Waals surface area contributed by atoms with Crippen LogP contribution in [0.3, 0.4) is 0 Å². The SMILES string of the molecule is c1ccc(-c2ccccc2N(c2cccc(-c3ccccc3-n3c4ccccc4c4ccccc43)c2)c2ccc3c(c2)sc2ccccc23)cc1. The lowest BCUT2D eigenvalue weighted by Crippen LogP contribution is -2.11. The monoisotopic (exact) mass is 668 g/mol. The summed E-state index contributed by atoms with van der Waals surface area (Å²) < 4.78 is 5.01. The first-order valence-corrected chi connectivity index (χ1v) is 18.2. The van der Waals surface area contributed by atoms with Crippen molar-refractivity contribution < 1.29 is 0 Å². The lowest BCUT2D eigenvalue weighted by molar-refractivity contribution is 1.18. The van der Waals surface area contributed by atoms with Gasteiger partial charge in [0.05, 0.1) is 22.4 Å². The molecule has 51 heavy (non-hydrogen) atoms. The van der Waals surface area contributed by atoms with Crippen LogP contribution in [0.25, 0.3) is 69.9 Å². The van der Waals surface area contributed by atoms with Crippen molar-refractivity contribution in [2.75, 3.05) is 4.90 Å². The summed E-state index contributed by atoms with van der Waals surface area (Å²) in [6, 6.07) is 70.4. The van der Waals surface area contributed by atoms with Crippen molar-refractivity contribution >= 4 is 70.4 Å². The number of anilines is 3. The maximum Gasteiger partial charge on any atom is 0.0541 e. The fourth-order valence-electron chi connectivity index (χ4n) is 7.72. The standard InChI is InChI=1S/C48H32N2S/c1-2-15-33(16-3-1)37-19-4-9-24-43(37)49(36-29-30-42-41-23-8-13-28-47(41)51-48(42)32-36)35-18-14-17-34(31-35)38-20-5-10-25-44(38)50-45-26-11-6-21-39(45)40-22-7-12-27-46(40)50/h1-32H. The molecular weight excluding hydrogens is 637 g/mol. The van der Waals surface area contributed by atoms with E-state index in [9.17, 15) is 0 Å². The third kappa shape index (κ3) is 4.93. The maximum atomic E-state index is 2.43. The molecule has 0 N–H and O–H groups in total. The van der Waals surface area contributed by atoms with E-state index in [4.69, 9.17) is 0 Å². The molecule has 0 aliphatic heterocycles. The van der Waals surface area contributed by atoms with Gasteiger partial charge in [0, 0.05) is 53.4 Å². The highest BCUT2D eigenvalue weighted by Gasteiger charge is 2.20. The lowest BCUT2D eigenvalue weighted by Gasteiger charge is -2.28. The highest BCUT2D eigenvalue weighted by molar-refractivity contribution is 7.25. The van der Waals surface area contributed by atoms with Crippen LogP contribution in [0.2, 0.25) is 0 Å². The number of hydrogen-bond acceptors (Lipinski definition) is 2. The Morgan fingerprint density at radius 1 is 0.373 bits per heavy atom. The van der Waals surface area contributed by atoms with Gasteiger partial charge in [-0.3, -0.25) is 0 Å². The number of para-hydroxylation sites is 4. The van der Waals surface area contributed by atoms with Gasteiger partial charge in [-0.15, -0.1) is 11.3 Å². The second-order valence-corrected chi connectivity index (χ2v) is 14.0. The first-order valence-electron chi connectivity index (χ1n) is 17.4. The summed E-state index contributed by atoms with van der Waals surface area (Å²) in [6.45, 7) is 0. The Hall–Kier alpha value is -6.42. The summed E-state index contributed by atoms with van der Waals surface area (Å²) in [5, 5.41) is 5.13. The molecule has 0 aliphatic rings. The summed E-state index contributed by atoms with van der Waals surface area (Å²) in [5.41, 5.74) is 11.7. The van der Waals surface area contributed by atoms with Gasteiger partial charge < -0.3 is 9.47 Å². The topological polar surface area (TPSA) is 8.17 Å². The Morgan fingerprint density at radius 3 is 1.76 bits per heavy atom. The molecule has 2 heterocycles. The Bertz CT molecular complexity index is 2830. The molecule has 2 nitrogen and oxygen atoms in total. The average molecular weight is 669 g/mol. The van der Waals surface area contributed by atoms with Gasteiger partial charge in [0.15, 0.2) is 0 Å². The number of fused-ring (bicyclic) bond motifs is 6. The first-order chi connectivity index (χ1) is 25.3. The highest BCUT2D eigenvalue weighted by atomic mass is 32.1. The first kappa shape index (κ1) is 29.5. The Balaban J connectivity index is 1.19. The van der Waals surface area contributed by atoms with Crippen LogP contribution < -0.4 is 4.90 Å². The van der Waals surface area contributed by atoms with E-state index in [-0.39, 0.29) is 0 Å². The minimum atomic E-state index is 1.10. The van der Waals surface area contributed by atoms with Crippen molar-refractivity contribution in [3.8, 4) is 27.9 Å². The molecule has 0 saturated heterocycles. The van der Waals surface area contributed by atoms with Gasteiger partial charge in [-0.2, -0.15) is 0 Å². The zero-order valence-corrected chi connectivity index (χ0v) is 28.6. The van der Waals surface area contributed by atoms with Crippen LogP contribution in [0.4, 0.5) is 17.1 Å². The molecule has 0 amide bonds. The Kier molecular flexibility index (Phi) is 7.04. The van der Waals surface area contributed by atoms with E-state index in [2.05, 4.69) is 204 Å². The Morgan fingerprint density at radius 2 is 0.961 bits per heavy atom. The van der Waals surface area contributed by atoms with Gasteiger partial charge >= 0.3 is 0 Å². The number of hydrogen-bond donors (Lipinski definition) is 0. The molecule has 10 aromatic rings. The molecule has 0 aliphatic carbocycles. The summed E-state index contributed by atoms with van der Waals surface area (Å²) in [6.07, 6.45) is 0. The number of thiophene rings is 1. The van der Waals surface area contributed by atoms with Crippen LogP contribution in [0.5, 0.6) is 0 Å². The minimum Gasteiger partial charge on any atom is -0.310 e. The van der Waals surface area contributed by atoms with E-state index < -0.39 is 0 Å². The van der Waals surface area contributed by atoms with Crippen LogP contribution in [0.15, 0.2) is 194 Å². The molecule has 0 saturated carbocycles. The predicted molar refractivity (Wildman–Crippen MR) is 219 cm³/mol. The molecule has 0 spiro atoms. The molecule has 0 atom stereocenters. The minimum absolute atomic E-state index is 1.10. The van der Waals surface area contributed by atoms with E-state index >= 15 is 0 Å². The molecule has 240 valence electrons. The molecule has 2 aromatic heterocycles. The smallest absolute Gasteiger partial charge is 0.0541 e. The highest BCUT2D eigenvalue weighted by Crippen LogP contribution is 2.45. The fraction of sp³-hybridized carbons (Fsp3) is 0. The molecule has 10 rings (SSSR count). The van der Waals surface area contributed by atoms with Crippen LogP contribution in [-0.2, 0) is 0 Å². The molecule has 0 bridgehead atoms. The van der Waals surface area contributed by atoms with E-state index in [1.165, 1.54) is 58.7 Å². The summed E-state index contributed by atoms with van der Waals surface area (Å²) in [7, 11) is 0. The van der Waals surface area contributed by atoms with Gasteiger partial charge in [-0.25, -0.2) is 0 Å². The maximum absolute atomic E-state index is 2.43. The van der Waals surface area contributed by atoms with Crippen molar-refractivity contribution in [1.29, 1.82) is 0 Å². The molecule has 3 heteroatoms. The third-order valence-electron chi connectivity index (χ3n) is 9.99. The number of rotatable bonds is 6. The van der Waals surface area contributed by atoms with Gasteiger partial charge in [-0.05, 0) is 65.7 Å². The summed E-state index contributed by atoms with van der Waals surface area (Å²) >= 11 is 1.86. The largest absolute Gasteiger partial charge is 0.310 e. The van der Waals surface area contributed by atoms with Gasteiger partial charge in [0.25, 0.3) is 0 Å². The normalized spacial score (nSPS) is 11.5. The molecule has 0 fully saturated rings. The fourth-order valence-corrected chi connectivity index (χ4v) is 8.86. The van der Waals surface area contributed by atoms with Crippen LogP contribution in [-0.4, -0.2) is 4.57 Å². The summed E-state index contributed by atoms with van der Waals surface area (Å²) in [4.78, 5) is 2.43. The molecular formula is C48H32N2S. The van der Waals surface area contributed by atoms with Gasteiger partial charge in [-0.1, -0.05) is 140 Å². The number of benzene rings is 8. The Labute approximate surface area is 300 Å². The lowest BCUT2D eigenvalue weighted by atomic mass is 9.99. The average Bonchev–Trinajstić information content (AvgIpc) is 3.74. The van der Waals surface area contributed by atoms with Crippen molar-refractivity contribution in [3.05, 3.63) is 194 Å². The zero-order valence-electron chi connectivity index (χ0n) is 27.8. The third-order valence-corrected chi connectivity index (χ3v) is 11.1. The van der Waals surface area contributed by atoms with E-state index in [0.717, 1.165) is 28.3 Å². The van der Waals surface area contributed by atoms with Gasteiger partial charge in [0.2, 0.25) is 0 Å². The summed E-state index contributed by atoms with van der Waals surface area (Å²) in [5.74, 6) is 0. The van der Waals surface area contributed by atoms with Crippen molar-refractivity contribution in [3.63, 3.8) is 0 Å². The van der Waals surface area contributed by atoms with Crippen LogP contribution in [0, 0.1) is 0 Å². The zero-order chi connectivity index (χ0) is 33.7. The number of nitrogens with zero attached hydrogens (tertiary/aromatic N) is 2. The van der Waals surface area contributed by atoms with Crippen molar-refractivity contribution in [2.45, 2.75) is 0 Å². The molecule has 8 aromatic carbocycles. The van der Waals surface area contributed by atoms with Crippen LogP contribution >= 0.6 is 11.3 Å². The van der Waals surface area contributed by atoms with Crippen LogP contribution in [0.1, 0.15) is 0 Å². The molecule has 0 unspecified atom stereocenters. The quantitative estimate of drug-likeness (QED) is 0.171. The van der Waals surface area contributed by atoms with Crippen molar-refractivity contribution in [2.24, 2.45) is 0 Å². The molecule has 0 radical (unpaired) electrons. The second-order valence-electron chi connectivity index (χ2n) is 12.9.